The molecule has 1 atom stereocenters. The molecule has 1 aliphatic heterocycles. The summed E-state index contributed by atoms with van der Waals surface area (Å²) < 4.78 is 17.2. The van der Waals surface area contributed by atoms with E-state index in [-0.39, 0.29) is 22.7 Å². The number of nitriles is 1. The standard InChI is InChI=1S/C24H30N2O4/c1-5-6-7-10-29-18-9-8-15(11-19(18)28-4)21-16(14-25)23(26)30-20-13-24(2,3)12-17(27)22(20)21/h8-9,11,21H,5-7,10,12-13,26H2,1-4H3/t21-/m0/s1. The summed E-state index contributed by atoms with van der Waals surface area (Å²) in [5.74, 6) is 1.26. The summed E-state index contributed by atoms with van der Waals surface area (Å²) in [5.41, 5.74) is 7.41. The van der Waals surface area contributed by atoms with Crippen molar-refractivity contribution in [2.24, 2.45) is 11.1 Å². The minimum atomic E-state index is -0.564. The molecular formula is C24H30N2O4. The molecule has 0 fully saturated rings. The van der Waals surface area contributed by atoms with Gasteiger partial charge < -0.3 is 19.9 Å². The van der Waals surface area contributed by atoms with E-state index in [4.69, 9.17) is 19.9 Å². The van der Waals surface area contributed by atoms with Gasteiger partial charge in [0.15, 0.2) is 17.3 Å². The van der Waals surface area contributed by atoms with Gasteiger partial charge in [-0.3, -0.25) is 4.79 Å². The molecule has 0 amide bonds. The van der Waals surface area contributed by atoms with E-state index in [1.807, 2.05) is 32.0 Å². The second kappa shape index (κ2) is 8.83. The number of benzene rings is 1. The number of carbonyl (C=O) groups is 1. The van der Waals surface area contributed by atoms with E-state index in [9.17, 15) is 10.1 Å². The number of allylic oxidation sites excluding steroid dienone is 3. The van der Waals surface area contributed by atoms with Gasteiger partial charge in [0.2, 0.25) is 5.88 Å². The maximum atomic E-state index is 13.1. The molecule has 0 aromatic heterocycles. The van der Waals surface area contributed by atoms with Crippen molar-refractivity contribution in [1.29, 1.82) is 5.26 Å². The summed E-state index contributed by atoms with van der Waals surface area (Å²) in [6, 6.07) is 7.68. The van der Waals surface area contributed by atoms with Crippen molar-refractivity contribution in [2.45, 2.75) is 58.8 Å². The minimum absolute atomic E-state index is 0.00893. The van der Waals surface area contributed by atoms with Gasteiger partial charge in [0.1, 0.15) is 17.4 Å². The fourth-order valence-corrected chi connectivity index (χ4v) is 4.14. The first-order chi connectivity index (χ1) is 14.3. The molecule has 0 saturated carbocycles. The number of nitrogens with zero attached hydrogens (tertiary/aromatic N) is 1. The maximum absolute atomic E-state index is 13.1. The van der Waals surface area contributed by atoms with Gasteiger partial charge in [-0.2, -0.15) is 5.26 Å². The largest absolute Gasteiger partial charge is 0.493 e. The Hall–Kier alpha value is -2.94. The predicted octanol–water partition coefficient (Wildman–Crippen LogP) is 4.72. The summed E-state index contributed by atoms with van der Waals surface area (Å²) in [6.45, 7) is 6.81. The van der Waals surface area contributed by atoms with Crippen molar-refractivity contribution >= 4 is 5.78 Å². The van der Waals surface area contributed by atoms with Crippen LogP contribution >= 0.6 is 0 Å². The normalized spacial score (nSPS) is 20.4. The third-order valence-corrected chi connectivity index (χ3v) is 5.60. The first-order valence-electron chi connectivity index (χ1n) is 10.5. The average Bonchev–Trinajstić information content (AvgIpc) is 2.69. The monoisotopic (exact) mass is 410 g/mol. The Labute approximate surface area is 178 Å². The number of hydrogen-bond acceptors (Lipinski definition) is 6. The highest BCUT2D eigenvalue weighted by molar-refractivity contribution is 6.00. The molecule has 2 N–H and O–H groups in total. The lowest BCUT2D eigenvalue weighted by atomic mass is 9.70. The van der Waals surface area contributed by atoms with Gasteiger partial charge in [-0.1, -0.05) is 39.7 Å². The average molecular weight is 411 g/mol. The molecule has 30 heavy (non-hydrogen) atoms. The van der Waals surface area contributed by atoms with Gasteiger partial charge in [0, 0.05) is 18.4 Å². The lowest BCUT2D eigenvalue weighted by Gasteiger charge is -2.37. The summed E-state index contributed by atoms with van der Waals surface area (Å²) in [4.78, 5) is 13.1. The molecule has 2 aliphatic rings. The lowest BCUT2D eigenvalue weighted by molar-refractivity contribution is -0.119. The quantitative estimate of drug-likeness (QED) is 0.654. The van der Waals surface area contributed by atoms with Crippen molar-refractivity contribution in [3.05, 3.63) is 46.6 Å². The Morgan fingerprint density at radius 3 is 2.70 bits per heavy atom. The van der Waals surface area contributed by atoms with Crippen LogP contribution in [-0.4, -0.2) is 19.5 Å². The predicted molar refractivity (Wildman–Crippen MR) is 114 cm³/mol. The van der Waals surface area contributed by atoms with Gasteiger partial charge in [0.05, 0.1) is 19.6 Å². The number of rotatable bonds is 7. The third kappa shape index (κ3) is 4.30. The Morgan fingerprint density at radius 1 is 1.27 bits per heavy atom. The highest BCUT2D eigenvalue weighted by Gasteiger charge is 2.43. The topological polar surface area (TPSA) is 94.6 Å². The molecule has 160 valence electrons. The number of Topliss-reactive ketones (excluding diaryl/α,β-unsaturated/α-hetero) is 1. The van der Waals surface area contributed by atoms with Gasteiger partial charge in [-0.05, 0) is 29.5 Å². The van der Waals surface area contributed by atoms with Gasteiger partial charge in [-0.25, -0.2) is 0 Å². The summed E-state index contributed by atoms with van der Waals surface area (Å²) in [6.07, 6.45) is 4.20. The van der Waals surface area contributed by atoms with Crippen LogP contribution in [0.4, 0.5) is 0 Å². The van der Waals surface area contributed by atoms with E-state index in [0.29, 0.717) is 42.3 Å². The first-order valence-corrected chi connectivity index (χ1v) is 10.5. The number of ether oxygens (including phenoxy) is 3. The number of hydrogen-bond donors (Lipinski definition) is 1. The Morgan fingerprint density at radius 2 is 2.03 bits per heavy atom. The molecular weight excluding hydrogens is 380 g/mol. The smallest absolute Gasteiger partial charge is 0.205 e. The van der Waals surface area contributed by atoms with E-state index in [0.717, 1.165) is 24.8 Å². The molecule has 6 heteroatoms. The first kappa shape index (κ1) is 21.8. The third-order valence-electron chi connectivity index (χ3n) is 5.60. The Kier molecular flexibility index (Phi) is 6.40. The number of carbonyl (C=O) groups excluding carboxylic acids is 1. The molecule has 1 aromatic rings. The molecule has 0 saturated heterocycles. The van der Waals surface area contributed by atoms with Crippen LogP contribution in [0.15, 0.2) is 41.0 Å². The highest BCUT2D eigenvalue weighted by Crippen LogP contribution is 2.48. The molecule has 0 spiro atoms. The molecule has 3 rings (SSSR count). The lowest BCUT2D eigenvalue weighted by Crippen LogP contribution is -2.33. The number of unbranched alkanes of at least 4 members (excludes halogenated alkanes) is 2. The van der Waals surface area contributed by atoms with Gasteiger partial charge in [-0.15, -0.1) is 0 Å². The maximum Gasteiger partial charge on any atom is 0.205 e. The van der Waals surface area contributed by atoms with Crippen molar-refractivity contribution in [1.82, 2.24) is 0 Å². The summed E-state index contributed by atoms with van der Waals surface area (Å²) >= 11 is 0. The Bertz CT molecular complexity index is 937. The molecule has 1 heterocycles. The summed E-state index contributed by atoms with van der Waals surface area (Å²) in [5, 5.41) is 9.76. The van der Waals surface area contributed by atoms with Crippen LogP contribution in [-0.2, 0) is 9.53 Å². The fraction of sp³-hybridized carbons (Fsp3) is 0.500. The second-order valence-electron chi connectivity index (χ2n) is 8.67. The SMILES string of the molecule is CCCCCOc1ccc([C@H]2C(C#N)=C(N)OC3=C2C(=O)CC(C)(C)C3)cc1OC. The fourth-order valence-electron chi connectivity index (χ4n) is 4.14. The van der Waals surface area contributed by atoms with Crippen LogP contribution in [0.3, 0.4) is 0 Å². The van der Waals surface area contributed by atoms with Crippen molar-refractivity contribution in [2.75, 3.05) is 13.7 Å². The van der Waals surface area contributed by atoms with Crippen molar-refractivity contribution < 1.29 is 19.0 Å². The van der Waals surface area contributed by atoms with Gasteiger partial charge >= 0.3 is 0 Å². The van der Waals surface area contributed by atoms with Crippen LogP contribution in [0.5, 0.6) is 11.5 Å². The molecule has 0 bridgehead atoms. The molecule has 1 aromatic carbocycles. The highest BCUT2D eigenvalue weighted by atomic mass is 16.5. The zero-order chi connectivity index (χ0) is 21.9. The van der Waals surface area contributed by atoms with E-state index < -0.39 is 5.92 Å². The Balaban J connectivity index is 2.00. The van der Waals surface area contributed by atoms with Crippen LogP contribution in [0.1, 0.15) is 64.4 Å². The minimum Gasteiger partial charge on any atom is -0.493 e. The van der Waals surface area contributed by atoms with Crippen molar-refractivity contribution in [3.63, 3.8) is 0 Å². The number of nitrogens with two attached hydrogens (primary N) is 1. The van der Waals surface area contributed by atoms with Crippen LogP contribution < -0.4 is 15.2 Å². The van der Waals surface area contributed by atoms with E-state index in [2.05, 4.69) is 13.0 Å². The molecule has 0 unspecified atom stereocenters. The molecule has 0 radical (unpaired) electrons. The van der Waals surface area contributed by atoms with Crippen molar-refractivity contribution in [3.8, 4) is 17.6 Å². The molecule has 1 aliphatic carbocycles. The number of ketones is 1. The van der Waals surface area contributed by atoms with Gasteiger partial charge in [0.25, 0.3) is 0 Å². The van der Waals surface area contributed by atoms with Crippen LogP contribution in [0.2, 0.25) is 0 Å². The van der Waals surface area contributed by atoms with E-state index in [1.54, 1.807) is 7.11 Å². The van der Waals surface area contributed by atoms with E-state index >= 15 is 0 Å². The zero-order valence-corrected chi connectivity index (χ0v) is 18.2. The molecule has 6 nitrogen and oxygen atoms in total. The second-order valence-corrected chi connectivity index (χ2v) is 8.67. The van der Waals surface area contributed by atoms with E-state index in [1.165, 1.54) is 0 Å². The summed E-state index contributed by atoms with van der Waals surface area (Å²) in [7, 11) is 1.58. The number of methoxy groups -OCH3 is 1. The van der Waals surface area contributed by atoms with Crippen LogP contribution in [0.25, 0.3) is 0 Å². The van der Waals surface area contributed by atoms with Crippen LogP contribution in [0, 0.1) is 16.7 Å². The zero-order valence-electron chi connectivity index (χ0n) is 18.2.